The lowest BCUT2D eigenvalue weighted by Gasteiger charge is -2.14. The molecule has 0 saturated heterocycles. The van der Waals surface area contributed by atoms with E-state index in [0.717, 1.165) is 23.1 Å². The number of hydrogen-bond acceptors (Lipinski definition) is 5. The molecule has 2 aromatic rings. The Morgan fingerprint density at radius 1 is 1.30 bits per heavy atom. The van der Waals surface area contributed by atoms with Crippen LogP contribution in [0, 0.1) is 18.6 Å². The molecule has 0 aliphatic heterocycles. The van der Waals surface area contributed by atoms with Crippen LogP contribution >= 0.6 is 0 Å². The molecule has 0 fully saturated rings. The van der Waals surface area contributed by atoms with Gasteiger partial charge in [-0.25, -0.2) is 22.7 Å². The highest BCUT2D eigenvalue weighted by Crippen LogP contribution is 2.26. The Balaban J connectivity index is 2.36. The molecule has 2 rings (SSSR count). The Bertz CT molecular complexity index is 1030. The van der Waals surface area contributed by atoms with Gasteiger partial charge in [-0.05, 0) is 18.9 Å². The van der Waals surface area contributed by atoms with Crippen molar-refractivity contribution in [3.8, 4) is 11.1 Å². The first-order valence-corrected chi connectivity index (χ1v) is 9.80. The molecule has 10 heteroatoms. The molecule has 0 saturated carbocycles. The van der Waals surface area contributed by atoms with Gasteiger partial charge in [-0.3, -0.25) is 14.8 Å². The van der Waals surface area contributed by atoms with E-state index in [2.05, 4.69) is 0 Å². The summed E-state index contributed by atoms with van der Waals surface area (Å²) < 4.78 is 52.8. The smallest absolute Gasteiger partial charge is 0.261 e. The maximum absolute atomic E-state index is 14.4. The molecule has 7 nitrogen and oxygen atoms in total. The van der Waals surface area contributed by atoms with Crippen LogP contribution in [-0.4, -0.2) is 35.6 Å². The highest BCUT2D eigenvalue weighted by Gasteiger charge is 2.28. The predicted molar refractivity (Wildman–Crippen MR) is 94.0 cm³/mol. The number of nitrogens with one attached hydrogen (secondary N) is 1. The lowest BCUT2D eigenvalue weighted by Crippen LogP contribution is -2.39. The van der Waals surface area contributed by atoms with Crippen LogP contribution in [0.1, 0.15) is 12.0 Å². The van der Waals surface area contributed by atoms with E-state index in [4.69, 9.17) is 5.21 Å². The third-order valence-corrected chi connectivity index (χ3v) is 5.59. The Hall–Kier alpha value is -2.59. The summed E-state index contributed by atoms with van der Waals surface area (Å²) in [6.07, 6.45) is 1.28. The molecule has 2 N–H and O–H groups in total. The Kier molecular flexibility index (Phi) is 6.11. The Morgan fingerprint density at radius 3 is 2.56 bits per heavy atom. The Morgan fingerprint density at radius 2 is 1.96 bits per heavy atom. The van der Waals surface area contributed by atoms with E-state index in [1.54, 1.807) is 0 Å². The molecular formula is C17H18F2N2O5S. The van der Waals surface area contributed by atoms with E-state index in [1.165, 1.54) is 30.6 Å². The zero-order valence-corrected chi connectivity index (χ0v) is 15.4. The number of hydrogen-bond donors (Lipinski definition) is 2. The highest BCUT2D eigenvalue weighted by atomic mass is 32.2. The van der Waals surface area contributed by atoms with Crippen LogP contribution in [0.15, 0.2) is 35.3 Å². The number of nitrogens with zero attached hydrogens (tertiary/aromatic N) is 1. The third-order valence-electron chi connectivity index (χ3n) is 4.11. The number of carbonyl (C=O) groups excluding carboxylic acids is 1. The van der Waals surface area contributed by atoms with Crippen LogP contribution in [0.3, 0.4) is 0 Å². The summed E-state index contributed by atoms with van der Waals surface area (Å²) >= 11 is 0. The molecule has 1 aromatic heterocycles. The summed E-state index contributed by atoms with van der Waals surface area (Å²) in [7, 11) is -3.86. The molecule has 27 heavy (non-hydrogen) atoms. The van der Waals surface area contributed by atoms with E-state index < -0.39 is 38.2 Å². The van der Waals surface area contributed by atoms with Crippen molar-refractivity contribution < 1.29 is 27.2 Å². The zero-order chi connectivity index (χ0) is 20.4. The average molecular weight is 400 g/mol. The average Bonchev–Trinajstić information content (AvgIpc) is 2.59. The maximum atomic E-state index is 14.4. The third kappa shape index (κ3) is 4.58. The summed E-state index contributed by atoms with van der Waals surface area (Å²) in [5.41, 5.74) is 0.576. The van der Waals surface area contributed by atoms with Crippen LogP contribution in [0.5, 0.6) is 0 Å². The fraction of sp³-hybridized carbons (Fsp3) is 0.294. The minimum Gasteiger partial charge on any atom is -0.312 e. The largest absolute Gasteiger partial charge is 0.312 e. The van der Waals surface area contributed by atoms with E-state index in [1.807, 2.05) is 0 Å². The molecule has 0 radical (unpaired) electrons. The van der Waals surface area contributed by atoms with Gasteiger partial charge in [0, 0.05) is 36.2 Å². The number of halogens is 2. The summed E-state index contributed by atoms with van der Waals surface area (Å²) in [5.74, 6) is -2.67. The van der Waals surface area contributed by atoms with Crippen molar-refractivity contribution in [1.29, 1.82) is 0 Å². The van der Waals surface area contributed by atoms with Gasteiger partial charge in [0.1, 0.15) is 16.9 Å². The van der Waals surface area contributed by atoms with Gasteiger partial charge in [0.15, 0.2) is 9.84 Å². The van der Waals surface area contributed by atoms with Gasteiger partial charge in [0.25, 0.3) is 11.5 Å². The van der Waals surface area contributed by atoms with Crippen molar-refractivity contribution in [1.82, 2.24) is 10.0 Å². The van der Waals surface area contributed by atoms with E-state index in [0.29, 0.717) is 5.56 Å². The zero-order valence-electron chi connectivity index (χ0n) is 14.6. The number of pyridine rings is 1. The SMILES string of the molecule is Cc1cccc(-c2cc(=O)n(CC[C@H](C(=O)NO)S(C)(=O)=O)cc2F)c1F. The standard InChI is InChI=1S/C17H18F2N2O5S/c1-10-4-3-5-11(16(10)19)12-8-15(22)21(9-13(12)18)7-6-14(17(23)20-24)27(2,25)26/h3-5,8-9,14,24H,6-7H2,1-2H3,(H,20,23)/t14-/m1/s1. The molecule has 0 aliphatic rings. The maximum Gasteiger partial charge on any atom is 0.261 e. The molecule has 1 amide bonds. The monoisotopic (exact) mass is 400 g/mol. The van der Waals surface area contributed by atoms with E-state index in [9.17, 15) is 26.8 Å². The normalized spacial score (nSPS) is 12.6. The summed E-state index contributed by atoms with van der Waals surface area (Å²) in [6, 6.07) is 5.29. The molecule has 146 valence electrons. The molecular weight excluding hydrogens is 382 g/mol. The molecule has 0 aliphatic carbocycles. The second-order valence-corrected chi connectivity index (χ2v) is 8.31. The molecule has 0 bridgehead atoms. The molecule has 1 heterocycles. The van der Waals surface area contributed by atoms with Crippen molar-refractivity contribution in [2.24, 2.45) is 0 Å². The van der Waals surface area contributed by atoms with Crippen LogP contribution in [-0.2, 0) is 21.2 Å². The lowest BCUT2D eigenvalue weighted by atomic mass is 10.0. The highest BCUT2D eigenvalue weighted by molar-refractivity contribution is 7.92. The van der Waals surface area contributed by atoms with Gasteiger partial charge in [-0.1, -0.05) is 18.2 Å². The number of amides is 1. The number of benzene rings is 1. The topological polar surface area (TPSA) is 105 Å². The fourth-order valence-corrected chi connectivity index (χ4v) is 3.62. The Labute approximate surface area is 154 Å². The van der Waals surface area contributed by atoms with Gasteiger partial charge in [0.2, 0.25) is 0 Å². The molecule has 1 aromatic carbocycles. The van der Waals surface area contributed by atoms with Gasteiger partial charge < -0.3 is 4.57 Å². The molecule has 0 spiro atoms. The summed E-state index contributed by atoms with van der Waals surface area (Å²) in [6.45, 7) is 1.22. The number of hydroxylamine groups is 1. The first-order valence-electron chi connectivity index (χ1n) is 7.84. The molecule has 1 atom stereocenters. The van der Waals surface area contributed by atoms with Crippen molar-refractivity contribution in [3.63, 3.8) is 0 Å². The quantitative estimate of drug-likeness (QED) is 0.563. The second-order valence-electron chi connectivity index (χ2n) is 6.09. The van der Waals surface area contributed by atoms with Crippen LogP contribution < -0.4 is 11.0 Å². The second kappa shape index (κ2) is 7.97. The number of rotatable bonds is 6. The van der Waals surface area contributed by atoms with Crippen LogP contribution in [0.25, 0.3) is 11.1 Å². The van der Waals surface area contributed by atoms with Crippen molar-refractivity contribution >= 4 is 15.7 Å². The predicted octanol–water partition coefficient (Wildman–Crippen LogP) is 1.41. The van der Waals surface area contributed by atoms with Gasteiger partial charge in [0.05, 0.1) is 0 Å². The minimum absolute atomic E-state index is 0.0644. The number of carbonyl (C=O) groups is 1. The minimum atomic E-state index is -3.86. The molecule has 0 unspecified atom stereocenters. The first kappa shape index (κ1) is 20.7. The fourth-order valence-electron chi connectivity index (χ4n) is 2.65. The number of aryl methyl sites for hydroxylation is 2. The van der Waals surface area contributed by atoms with Gasteiger partial charge >= 0.3 is 0 Å². The van der Waals surface area contributed by atoms with Crippen LogP contribution in [0.2, 0.25) is 0 Å². The van der Waals surface area contributed by atoms with E-state index >= 15 is 0 Å². The number of aromatic nitrogens is 1. The van der Waals surface area contributed by atoms with Crippen molar-refractivity contribution in [2.75, 3.05) is 6.26 Å². The van der Waals surface area contributed by atoms with Crippen LogP contribution in [0.4, 0.5) is 8.78 Å². The lowest BCUT2D eigenvalue weighted by molar-refractivity contribution is -0.128. The van der Waals surface area contributed by atoms with Gasteiger partial charge in [-0.2, -0.15) is 0 Å². The summed E-state index contributed by atoms with van der Waals surface area (Å²) in [4.78, 5) is 23.7. The van der Waals surface area contributed by atoms with Gasteiger partial charge in [-0.15, -0.1) is 0 Å². The summed E-state index contributed by atoms with van der Waals surface area (Å²) in [5, 5.41) is 7.04. The number of sulfone groups is 1. The van der Waals surface area contributed by atoms with Crippen molar-refractivity contribution in [3.05, 3.63) is 58.0 Å². The first-order chi connectivity index (χ1) is 12.6. The van der Waals surface area contributed by atoms with Crippen molar-refractivity contribution in [2.45, 2.75) is 25.1 Å². The van der Waals surface area contributed by atoms with E-state index in [-0.39, 0.29) is 24.1 Å².